The smallest absolute Gasteiger partial charge is 0.289 e. The number of carbonyl (C=O) groups is 1. The molecule has 1 aromatic heterocycles. The summed E-state index contributed by atoms with van der Waals surface area (Å²) in [7, 11) is 0. The molecular weight excluding hydrogens is 352 g/mol. The number of rotatable bonds is 4. The highest BCUT2D eigenvalue weighted by molar-refractivity contribution is 5.92. The number of nitrogens with one attached hydrogen (secondary N) is 1. The number of amides is 1. The second-order valence-corrected chi connectivity index (χ2v) is 8.58. The number of piperidine rings is 2. The van der Waals surface area contributed by atoms with Crippen molar-refractivity contribution in [2.75, 3.05) is 39.3 Å². The van der Waals surface area contributed by atoms with Crippen LogP contribution in [0.15, 0.2) is 34.7 Å². The molecule has 6 nitrogen and oxygen atoms in total. The van der Waals surface area contributed by atoms with Crippen LogP contribution < -0.4 is 5.32 Å². The van der Waals surface area contributed by atoms with E-state index in [1.807, 2.05) is 13.8 Å². The number of benzene rings is 1. The Balaban J connectivity index is 1.51. The first-order valence-electron chi connectivity index (χ1n) is 10.4. The van der Waals surface area contributed by atoms with Crippen molar-refractivity contribution in [2.24, 2.45) is 5.92 Å². The van der Waals surface area contributed by atoms with Crippen LogP contribution in [-0.2, 0) is 11.8 Å². The third-order valence-electron chi connectivity index (χ3n) is 6.78. The van der Waals surface area contributed by atoms with Crippen LogP contribution in [0.5, 0.6) is 0 Å². The summed E-state index contributed by atoms with van der Waals surface area (Å²) in [6.45, 7) is 10.2. The number of hydrogen-bond donors (Lipinski definition) is 1. The molecule has 28 heavy (non-hydrogen) atoms. The van der Waals surface area contributed by atoms with Gasteiger partial charge in [-0.1, -0.05) is 37.3 Å². The van der Waals surface area contributed by atoms with Crippen molar-refractivity contribution in [3.05, 3.63) is 53.2 Å². The number of nitrogens with zero attached hydrogens (tertiary/aromatic N) is 3. The van der Waals surface area contributed by atoms with Crippen LogP contribution in [0.4, 0.5) is 0 Å². The summed E-state index contributed by atoms with van der Waals surface area (Å²) in [6, 6.07) is 10.8. The molecule has 1 amide bonds. The molecule has 4 fully saturated rings. The quantitative estimate of drug-likeness (QED) is 0.877. The zero-order chi connectivity index (χ0) is 19.3. The number of carbonyl (C=O) groups excluding carboxylic acids is 1. The average Bonchev–Trinajstić information content (AvgIpc) is 2.91. The molecule has 3 unspecified atom stereocenters. The first kappa shape index (κ1) is 17.9. The van der Waals surface area contributed by atoms with Crippen molar-refractivity contribution in [1.82, 2.24) is 20.1 Å². The van der Waals surface area contributed by atoms with Crippen molar-refractivity contribution < 1.29 is 9.21 Å². The SMILES string of the molecule is CCc1nc(C)c(C(=O)NC2C3CN4CCN(C3)CC2(c2ccccc2)C4)o1. The van der Waals surface area contributed by atoms with E-state index >= 15 is 0 Å². The second kappa shape index (κ2) is 6.71. The van der Waals surface area contributed by atoms with E-state index in [0.717, 1.165) is 39.3 Å². The van der Waals surface area contributed by atoms with Crippen LogP contribution in [-0.4, -0.2) is 66.0 Å². The molecular formula is C22H28N4O2. The summed E-state index contributed by atoms with van der Waals surface area (Å²) >= 11 is 0. The lowest BCUT2D eigenvalue weighted by Crippen LogP contribution is -2.70. The number of aromatic nitrogens is 1. The maximum Gasteiger partial charge on any atom is 0.289 e. The fraction of sp³-hybridized carbons (Fsp3) is 0.545. The molecule has 6 heteroatoms. The van der Waals surface area contributed by atoms with E-state index in [1.165, 1.54) is 5.56 Å². The fourth-order valence-electron chi connectivity index (χ4n) is 5.59. The summed E-state index contributed by atoms with van der Waals surface area (Å²) in [5.74, 6) is 1.29. The maximum atomic E-state index is 13.2. The lowest BCUT2D eigenvalue weighted by Gasteiger charge is -2.55. The highest BCUT2D eigenvalue weighted by Gasteiger charge is 2.55. The third-order valence-corrected chi connectivity index (χ3v) is 6.78. The summed E-state index contributed by atoms with van der Waals surface area (Å²) in [4.78, 5) is 22.7. The minimum atomic E-state index is -0.124. The van der Waals surface area contributed by atoms with E-state index in [1.54, 1.807) is 0 Å². The Labute approximate surface area is 165 Å². The predicted octanol–water partition coefficient (Wildman–Crippen LogP) is 1.84. The zero-order valence-electron chi connectivity index (χ0n) is 16.6. The van der Waals surface area contributed by atoms with Gasteiger partial charge in [-0.25, -0.2) is 4.98 Å². The third kappa shape index (κ3) is 2.78. The van der Waals surface area contributed by atoms with Gasteiger partial charge in [-0.2, -0.15) is 0 Å². The molecule has 6 rings (SSSR count). The molecule has 2 aromatic rings. The van der Waals surface area contributed by atoms with Crippen molar-refractivity contribution in [2.45, 2.75) is 31.7 Å². The molecule has 1 aromatic carbocycles. The highest BCUT2D eigenvalue weighted by Crippen LogP contribution is 2.43. The standard InChI is InChI=1S/C22H28N4O2/c1-3-18-23-15(2)19(28-18)21(27)24-20-16-11-25-9-10-26(12-16)14-22(20,13-25)17-7-5-4-6-8-17/h4-8,16,20H,3,9-14H2,1-2H3,(H,24,27). The zero-order valence-corrected chi connectivity index (χ0v) is 16.6. The number of oxazole rings is 1. The van der Waals surface area contributed by atoms with Gasteiger partial charge in [-0.3, -0.25) is 4.79 Å². The Morgan fingerprint density at radius 2 is 1.89 bits per heavy atom. The van der Waals surface area contributed by atoms with Crippen molar-refractivity contribution in [3.63, 3.8) is 0 Å². The number of hydrogen-bond acceptors (Lipinski definition) is 5. The molecule has 1 N–H and O–H groups in total. The van der Waals surface area contributed by atoms with Crippen LogP contribution in [0.25, 0.3) is 0 Å². The van der Waals surface area contributed by atoms with E-state index in [0.29, 0.717) is 29.7 Å². The summed E-state index contributed by atoms with van der Waals surface area (Å²) < 4.78 is 5.74. The molecule has 4 aliphatic rings. The summed E-state index contributed by atoms with van der Waals surface area (Å²) in [5, 5.41) is 3.40. The van der Waals surface area contributed by atoms with Crippen LogP contribution in [0.1, 0.15) is 34.6 Å². The summed E-state index contributed by atoms with van der Waals surface area (Å²) in [6.07, 6.45) is 0.693. The molecule has 4 aliphatic heterocycles. The molecule has 0 saturated carbocycles. The average molecular weight is 380 g/mol. The van der Waals surface area contributed by atoms with Crippen LogP contribution in [0.2, 0.25) is 0 Å². The first-order valence-corrected chi connectivity index (χ1v) is 10.4. The molecule has 148 valence electrons. The molecule has 0 radical (unpaired) electrons. The number of fused-ring (bicyclic) bond motifs is 1. The van der Waals surface area contributed by atoms with Gasteiger partial charge < -0.3 is 19.5 Å². The first-order chi connectivity index (χ1) is 13.6. The van der Waals surface area contributed by atoms with E-state index in [2.05, 4.69) is 50.4 Å². The van der Waals surface area contributed by atoms with Gasteiger partial charge in [0.1, 0.15) is 0 Å². The topological polar surface area (TPSA) is 61.6 Å². The Morgan fingerprint density at radius 3 is 2.50 bits per heavy atom. The van der Waals surface area contributed by atoms with Crippen LogP contribution in [0, 0.1) is 12.8 Å². The Hall–Kier alpha value is -2.18. The van der Waals surface area contributed by atoms with Gasteiger partial charge in [-0.15, -0.1) is 0 Å². The molecule has 4 bridgehead atoms. The minimum Gasteiger partial charge on any atom is -0.435 e. The molecule has 3 atom stereocenters. The van der Waals surface area contributed by atoms with Crippen molar-refractivity contribution in [1.29, 1.82) is 0 Å². The molecule has 0 aliphatic carbocycles. The Morgan fingerprint density at radius 1 is 1.21 bits per heavy atom. The minimum absolute atomic E-state index is 0.0872. The Bertz CT molecular complexity index is 862. The Kier molecular flexibility index (Phi) is 4.29. The van der Waals surface area contributed by atoms with Gasteiger partial charge >= 0.3 is 0 Å². The lowest BCUT2D eigenvalue weighted by molar-refractivity contribution is 0.0174. The van der Waals surface area contributed by atoms with Crippen molar-refractivity contribution in [3.8, 4) is 0 Å². The van der Waals surface area contributed by atoms with Gasteiger partial charge in [0.15, 0.2) is 5.89 Å². The van der Waals surface area contributed by atoms with E-state index in [-0.39, 0.29) is 17.4 Å². The summed E-state index contributed by atoms with van der Waals surface area (Å²) in [5.41, 5.74) is 1.91. The van der Waals surface area contributed by atoms with Crippen LogP contribution in [0.3, 0.4) is 0 Å². The van der Waals surface area contributed by atoms with Gasteiger partial charge in [0.05, 0.1) is 5.69 Å². The van der Waals surface area contributed by atoms with Crippen molar-refractivity contribution >= 4 is 5.91 Å². The van der Waals surface area contributed by atoms with Gasteiger partial charge in [0.2, 0.25) is 5.76 Å². The largest absolute Gasteiger partial charge is 0.435 e. The molecule has 5 heterocycles. The van der Waals surface area contributed by atoms with Gasteiger partial charge in [0, 0.05) is 63.1 Å². The van der Waals surface area contributed by atoms with Crippen LogP contribution >= 0.6 is 0 Å². The predicted molar refractivity (Wildman–Crippen MR) is 106 cm³/mol. The van der Waals surface area contributed by atoms with Gasteiger partial charge in [-0.05, 0) is 12.5 Å². The normalized spacial score (nSPS) is 33.6. The monoisotopic (exact) mass is 380 g/mol. The molecule has 4 saturated heterocycles. The van der Waals surface area contributed by atoms with E-state index in [9.17, 15) is 4.79 Å². The highest BCUT2D eigenvalue weighted by atomic mass is 16.4. The number of aryl methyl sites for hydroxylation is 2. The van der Waals surface area contributed by atoms with Gasteiger partial charge in [0.25, 0.3) is 5.91 Å². The molecule has 0 spiro atoms. The maximum absolute atomic E-state index is 13.2. The second-order valence-electron chi connectivity index (χ2n) is 8.58. The van der Waals surface area contributed by atoms with E-state index in [4.69, 9.17) is 4.42 Å². The van der Waals surface area contributed by atoms with E-state index < -0.39 is 0 Å². The fourth-order valence-corrected chi connectivity index (χ4v) is 5.59. The lowest BCUT2D eigenvalue weighted by atomic mass is 9.64.